The third kappa shape index (κ3) is 5.28. The molecular weight excluding hydrogens is 482 g/mol. The molecule has 0 fully saturated rings. The summed E-state index contributed by atoms with van der Waals surface area (Å²) in [7, 11) is 0. The number of para-hydroxylation sites is 1. The molecule has 0 spiro atoms. The van der Waals surface area contributed by atoms with Crippen molar-refractivity contribution in [3.63, 3.8) is 0 Å². The maximum atomic E-state index is 9.02. The van der Waals surface area contributed by atoms with Crippen molar-refractivity contribution in [3.05, 3.63) is 139 Å². The van der Waals surface area contributed by atoms with Gasteiger partial charge in [-0.2, -0.15) is 0 Å². The van der Waals surface area contributed by atoms with Crippen LogP contribution in [0.4, 0.5) is 11.4 Å². The first kappa shape index (κ1) is 23.8. The van der Waals surface area contributed by atoms with E-state index >= 15 is 0 Å². The largest absolute Gasteiger partial charge is 0.355 e. The zero-order chi connectivity index (χ0) is 26.4. The summed E-state index contributed by atoms with van der Waals surface area (Å²) in [5, 5.41) is 12.4. The van der Waals surface area contributed by atoms with Crippen molar-refractivity contribution in [1.29, 1.82) is 5.41 Å². The van der Waals surface area contributed by atoms with Crippen molar-refractivity contribution in [2.45, 2.75) is 0 Å². The quantitative estimate of drug-likeness (QED) is 0.231. The molecule has 0 radical (unpaired) electrons. The molecule has 0 aliphatic heterocycles. The molecule has 0 unspecified atom stereocenters. The highest BCUT2D eigenvalue weighted by Crippen LogP contribution is 2.26. The monoisotopic (exact) mass is 505 g/mol. The average Bonchev–Trinajstić information content (AvgIpc) is 3.02. The van der Waals surface area contributed by atoms with Gasteiger partial charge in [-0.1, -0.05) is 84.9 Å². The molecule has 2 N–H and O–H groups in total. The van der Waals surface area contributed by atoms with E-state index in [1.165, 1.54) is 0 Å². The highest BCUT2D eigenvalue weighted by Gasteiger charge is 2.16. The molecule has 0 saturated heterocycles. The Morgan fingerprint density at radius 3 is 1.79 bits per heavy atom. The fourth-order valence-electron chi connectivity index (χ4n) is 4.16. The van der Waals surface area contributed by atoms with E-state index in [-0.39, 0.29) is 5.71 Å². The summed E-state index contributed by atoms with van der Waals surface area (Å²) >= 11 is 0. The Hall–Kier alpha value is -5.56. The molecule has 6 aromatic rings. The van der Waals surface area contributed by atoms with Crippen LogP contribution in [0.15, 0.2) is 128 Å². The van der Waals surface area contributed by atoms with Gasteiger partial charge in [-0.25, -0.2) is 19.9 Å². The van der Waals surface area contributed by atoms with E-state index in [1.807, 2.05) is 115 Å². The maximum Gasteiger partial charge on any atom is 0.182 e. The van der Waals surface area contributed by atoms with Crippen LogP contribution in [0.3, 0.4) is 0 Å². The summed E-state index contributed by atoms with van der Waals surface area (Å²) in [4.78, 5) is 23.2. The van der Waals surface area contributed by atoms with Crippen LogP contribution in [0.25, 0.3) is 34.3 Å². The number of nitrogens with one attached hydrogen (secondary N) is 2. The molecule has 3 aromatic heterocycles. The number of nitrogens with zero attached hydrogens (tertiary/aromatic N) is 5. The Morgan fingerprint density at radius 2 is 1.13 bits per heavy atom. The summed E-state index contributed by atoms with van der Waals surface area (Å²) in [6.07, 6.45) is 3.45. The van der Waals surface area contributed by atoms with Gasteiger partial charge in [0.15, 0.2) is 17.5 Å². The Balaban J connectivity index is 1.40. The van der Waals surface area contributed by atoms with E-state index in [0.717, 1.165) is 28.1 Å². The van der Waals surface area contributed by atoms with E-state index in [4.69, 9.17) is 25.3 Å². The number of rotatable bonds is 7. The molecule has 7 nitrogen and oxygen atoms in total. The average molecular weight is 506 g/mol. The van der Waals surface area contributed by atoms with Gasteiger partial charge in [-0.3, -0.25) is 10.4 Å². The molecule has 0 amide bonds. The number of benzene rings is 3. The van der Waals surface area contributed by atoms with Crippen molar-refractivity contribution in [1.82, 2.24) is 24.9 Å². The Labute approximate surface area is 225 Å². The maximum absolute atomic E-state index is 9.02. The first-order valence-corrected chi connectivity index (χ1v) is 12.4. The summed E-state index contributed by atoms with van der Waals surface area (Å²) in [5.74, 6) is 1.57. The van der Waals surface area contributed by atoms with Crippen LogP contribution in [-0.2, 0) is 0 Å². The molecule has 186 valence electrons. The molecule has 0 atom stereocenters. The number of hydrogen-bond acceptors (Lipinski definition) is 7. The minimum atomic E-state index is 0.287. The molecule has 0 aliphatic carbocycles. The molecule has 3 heterocycles. The lowest BCUT2D eigenvalue weighted by molar-refractivity contribution is 1.06. The third-order valence-electron chi connectivity index (χ3n) is 6.09. The van der Waals surface area contributed by atoms with Gasteiger partial charge in [0, 0.05) is 40.5 Å². The van der Waals surface area contributed by atoms with Gasteiger partial charge in [0.05, 0.1) is 11.4 Å². The predicted molar refractivity (Wildman–Crippen MR) is 154 cm³/mol. The smallest absolute Gasteiger partial charge is 0.182 e. The fourth-order valence-corrected chi connectivity index (χ4v) is 4.16. The minimum Gasteiger partial charge on any atom is -0.355 e. The van der Waals surface area contributed by atoms with Crippen molar-refractivity contribution in [2.75, 3.05) is 5.32 Å². The molecule has 7 heteroatoms. The Bertz CT molecular complexity index is 1680. The second-order valence-corrected chi connectivity index (χ2v) is 8.73. The second-order valence-electron chi connectivity index (χ2n) is 8.73. The highest BCUT2D eigenvalue weighted by molar-refractivity contribution is 6.13. The Morgan fingerprint density at radius 1 is 0.538 bits per heavy atom. The van der Waals surface area contributed by atoms with Gasteiger partial charge >= 0.3 is 0 Å². The first-order valence-electron chi connectivity index (χ1n) is 12.4. The minimum absolute atomic E-state index is 0.287. The molecule has 0 bridgehead atoms. The molecule has 3 aromatic carbocycles. The molecule has 39 heavy (non-hydrogen) atoms. The van der Waals surface area contributed by atoms with Crippen molar-refractivity contribution in [3.8, 4) is 34.3 Å². The molecule has 6 rings (SSSR count). The van der Waals surface area contributed by atoms with Crippen LogP contribution in [0.5, 0.6) is 0 Å². The highest BCUT2D eigenvalue weighted by atomic mass is 15.0. The number of hydrogen-bond donors (Lipinski definition) is 2. The lowest BCUT2D eigenvalue weighted by Gasteiger charge is -2.13. The second kappa shape index (κ2) is 10.8. The van der Waals surface area contributed by atoms with Crippen LogP contribution < -0.4 is 5.32 Å². The topological polar surface area (TPSA) is 100 Å². The zero-order valence-electron chi connectivity index (χ0n) is 20.9. The van der Waals surface area contributed by atoms with Crippen LogP contribution in [-0.4, -0.2) is 30.6 Å². The molecule has 0 aliphatic rings. The van der Waals surface area contributed by atoms with Gasteiger partial charge in [-0.05, 0) is 30.3 Å². The van der Waals surface area contributed by atoms with Crippen LogP contribution >= 0.6 is 0 Å². The van der Waals surface area contributed by atoms with Gasteiger partial charge in [0.1, 0.15) is 5.69 Å². The summed E-state index contributed by atoms with van der Waals surface area (Å²) in [6.45, 7) is 0. The summed E-state index contributed by atoms with van der Waals surface area (Å²) in [6, 6.07) is 36.7. The van der Waals surface area contributed by atoms with Crippen LogP contribution in [0.1, 0.15) is 11.3 Å². The van der Waals surface area contributed by atoms with Gasteiger partial charge in [-0.15, -0.1) is 0 Å². The third-order valence-corrected chi connectivity index (χ3v) is 6.09. The standard InChI is InChI=1S/C32H23N7/c33-29(25-14-7-8-15-26(25)35-24-18-20-34-21-19-24)27-16-9-17-28(36-27)32-38-30(22-10-3-1-4-11-22)37-31(39-32)23-12-5-2-6-13-23/h1-21,33H,(H,34,35). The molecular formula is C32H23N7. The first-order chi connectivity index (χ1) is 19.2. The van der Waals surface area contributed by atoms with Crippen molar-refractivity contribution in [2.24, 2.45) is 0 Å². The van der Waals surface area contributed by atoms with E-state index in [9.17, 15) is 0 Å². The van der Waals surface area contributed by atoms with Gasteiger partial charge < -0.3 is 5.32 Å². The van der Waals surface area contributed by atoms with Crippen molar-refractivity contribution >= 4 is 17.1 Å². The number of aromatic nitrogens is 5. The number of pyridine rings is 2. The predicted octanol–water partition coefficient (Wildman–Crippen LogP) is 6.82. The lowest BCUT2D eigenvalue weighted by Crippen LogP contribution is -2.09. The molecule has 0 saturated carbocycles. The van der Waals surface area contributed by atoms with E-state index in [1.54, 1.807) is 12.4 Å². The number of anilines is 2. The Kier molecular flexibility index (Phi) is 6.61. The van der Waals surface area contributed by atoms with Crippen LogP contribution in [0, 0.1) is 5.41 Å². The van der Waals surface area contributed by atoms with Crippen molar-refractivity contribution < 1.29 is 0 Å². The van der Waals surface area contributed by atoms with E-state index in [0.29, 0.717) is 28.9 Å². The van der Waals surface area contributed by atoms with Gasteiger partial charge in [0.2, 0.25) is 0 Å². The van der Waals surface area contributed by atoms with Gasteiger partial charge in [0.25, 0.3) is 0 Å². The fraction of sp³-hybridized carbons (Fsp3) is 0. The van der Waals surface area contributed by atoms with Crippen LogP contribution in [0.2, 0.25) is 0 Å². The summed E-state index contributed by atoms with van der Waals surface area (Å²) < 4.78 is 0. The lowest BCUT2D eigenvalue weighted by atomic mass is 10.0. The normalized spacial score (nSPS) is 10.7. The van der Waals surface area contributed by atoms with E-state index in [2.05, 4.69) is 10.3 Å². The zero-order valence-corrected chi connectivity index (χ0v) is 20.9. The van der Waals surface area contributed by atoms with E-state index < -0.39 is 0 Å². The SMILES string of the molecule is N=C(c1cccc(-c2nc(-c3ccccc3)nc(-c3ccccc3)n2)n1)c1ccccc1Nc1ccncc1. The summed E-state index contributed by atoms with van der Waals surface area (Å²) in [5.41, 5.74) is 5.56.